The first kappa shape index (κ1) is 14.1. The predicted octanol–water partition coefficient (Wildman–Crippen LogP) is 2.88. The molecule has 104 valence electrons. The molecule has 1 unspecified atom stereocenters. The maximum absolute atomic E-state index is 11.6. The van der Waals surface area contributed by atoms with Gasteiger partial charge in [0.25, 0.3) is 0 Å². The molecule has 0 saturated carbocycles. The van der Waals surface area contributed by atoms with Gasteiger partial charge in [-0.1, -0.05) is 12.1 Å². The maximum atomic E-state index is 11.6. The highest BCUT2D eigenvalue weighted by molar-refractivity contribution is 5.77. The molecule has 1 heterocycles. The van der Waals surface area contributed by atoms with Crippen LogP contribution in [0.2, 0.25) is 0 Å². The van der Waals surface area contributed by atoms with E-state index in [0.717, 1.165) is 24.2 Å². The third-order valence-electron chi connectivity index (χ3n) is 4.20. The molecular formula is C16H23NO2. The molecule has 0 aromatic heterocycles. The van der Waals surface area contributed by atoms with E-state index in [4.69, 9.17) is 0 Å². The molecule has 0 bridgehead atoms. The van der Waals surface area contributed by atoms with Gasteiger partial charge in [0.05, 0.1) is 5.92 Å². The Morgan fingerprint density at radius 2 is 1.74 bits per heavy atom. The van der Waals surface area contributed by atoms with E-state index >= 15 is 0 Å². The summed E-state index contributed by atoms with van der Waals surface area (Å²) in [6.45, 7) is 8.84. The molecule has 3 heteroatoms. The number of carboxylic acid groups (broad SMARTS) is 1. The van der Waals surface area contributed by atoms with Crippen molar-refractivity contribution in [1.29, 1.82) is 0 Å². The molecule has 1 saturated heterocycles. The van der Waals surface area contributed by atoms with Crippen molar-refractivity contribution in [3.05, 3.63) is 34.4 Å². The Bertz CT molecular complexity index is 476. The van der Waals surface area contributed by atoms with Gasteiger partial charge >= 0.3 is 5.97 Å². The topological polar surface area (TPSA) is 40.5 Å². The number of carboxylic acids is 1. The number of benzene rings is 1. The zero-order valence-corrected chi connectivity index (χ0v) is 12.1. The van der Waals surface area contributed by atoms with Gasteiger partial charge < -0.3 is 10.0 Å². The van der Waals surface area contributed by atoms with Gasteiger partial charge in [0.15, 0.2) is 0 Å². The number of rotatable bonds is 4. The summed E-state index contributed by atoms with van der Waals surface area (Å²) in [5.74, 6) is -1.12. The van der Waals surface area contributed by atoms with Crippen LogP contribution in [0.15, 0.2) is 12.1 Å². The average Bonchev–Trinajstić information content (AvgIpc) is 2.84. The van der Waals surface area contributed by atoms with Crippen LogP contribution in [0.1, 0.15) is 41.0 Å². The summed E-state index contributed by atoms with van der Waals surface area (Å²) in [6.07, 6.45) is 2.39. The first-order chi connectivity index (χ1) is 8.99. The Morgan fingerprint density at radius 3 is 2.32 bits per heavy atom. The van der Waals surface area contributed by atoms with Crippen molar-refractivity contribution >= 4 is 5.97 Å². The lowest BCUT2D eigenvalue weighted by Gasteiger charge is -2.22. The summed E-state index contributed by atoms with van der Waals surface area (Å²) in [5, 5.41) is 9.54. The van der Waals surface area contributed by atoms with Gasteiger partial charge in [0, 0.05) is 6.54 Å². The molecule has 1 atom stereocenters. The van der Waals surface area contributed by atoms with Crippen LogP contribution in [0.3, 0.4) is 0 Å². The van der Waals surface area contributed by atoms with Crippen molar-refractivity contribution in [3.63, 3.8) is 0 Å². The lowest BCUT2D eigenvalue weighted by Crippen LogP contribution is -2.30. The minimum absolute atomic E-state index is 0.405. The normalized spacial score (nSPS) is 17.6. The summed E-state index contributed by atoms with van der Waals surface area (Å²) in [6, 6.07) is 4.16. The van der Waals surface area contributed by atoms with Crippen LogP contribution < -0.4 is 0 Å². The molecular weight excluding hydrogens is 238 g/mol. The highest BCUT2D eigenvalue weighted by Crippen LogP contribution is 2.26. The fraction of sp³-hybridized carbons (Fsp3) is 0.562. The molecule has 0 radical (unpaired) electrons. The molecule has 3 nitrogen and oxygen atoms in total. The van der Waals surface area contributed by atoms with E-state index in [1.807, 2.05) is 13.8 Å². The van der Waals surface area contributed by atoms with Crippen molar-refractivity contribution in [3.8, 4) is 0 Å². The minimum Gasteiger partial charge on any atom is -0.481 e. The SMILES string of the molecule is Cc1cc(C)c(C(CN2CCCC2)C(=O)O)cc1C. The molecule has 0 spiro atoms. The molecule has 1 aromatic rings. The molecule has 1 N–H and O–H groups in total. The van der Waals surface area contributed by atoms with E-state index in [0.29, 0.717) is 6.54 Å². The third kappa shape index (κ3) is 3.16. The largest absolute Gasteiger partial charge is 0.481 e. The Morgan fingerprint density at radius 1 is 1.16 bits per heavy atom. The Balaban J connectivity index is 2.27. The number of hydrogen-bond donors (Lipinski definition) is 1. The van der Waals surface area contributed by atoms with Crippen LogP contribution in [0.4, 0.5) is 0 Å². The molecule has 1 aliphatic heterocycles. The van der Waals surface area contributed by atoms with Gasteiger partial charge in [-0.25, -0.2) is 0 Å². The second kappa shape index (κ2) is 5.74. The van der Waals surface area contributed by atoms with Gasteiger partial charge in [-0.15, -0.1) is 0 Å². The number of nitrogens with zero attached hydrogens (tertiary/aromatic N) is 1. The van der Waals surface area contributed by atoms with Gasteiger partial charge in [0.1, 0.15) is 0 Å². The molecule has 19 heavy (non-hydrogen) atoms. The number of aryl methyl sites for hydroxylation is 3. The Hall–Kier alpha value is -1.35. The van der Waals surface area contributed by atoms with Crippen molar-refractivity contribution < 1.29 is 9.90 Å². The quantitative estimate of drug-likeness (QED) is 0.906. The standard InChI is InChI=1S/C16H23NO2/c1-11-8-13(3)14(9-12(11)2)15(16(18)19)10-17-6-4-5-7-17/h8-9,15H,4-7,10H2,1-3H3,(H,18,19). The summed E-state index contributed by atoms with van der Waals surface area (Å²) in [5.41, 5.74) is 4.47. The molecule has 0 aliphatic carbocycles. The van der Waals surface area contributed by atoms with Gasteiger partial charge in [-0.05, 0) is 69.0 Å². The van der Waals surface area contributed by atoms with E-state index in [1.165, 1.54) is 24.0 Å². The number of aliphatic carboxylic acids is 1. The number of likely N-dealkylation sites (tertiary alicyclic amines) is 1. The lowest BCUT2D eigenvalue weighted by molar-refractivity contribution is -0.139. The predicted molar refractivity (Wildman–Crippen MR) is 76.7 cm³/mol. The van der Waals surface area contributed by atoms with Crippen molar-refractivity contribution in [2.45, 2.75) is 39.5 Å². The monoisotopic (exact) mass is 261 g/mol. The van der Waals surface area contributed by atoms with E-state index in [1.54, 1.807) is 0 Å². The minimum atomic E-state index is -0.710. The Labute approximate surface area is 115 Å². The highest BCUT2D eigenvalue weighted by atomic mass is 16.4. The molecule has 1 aliphatic rings. The summed E-state index contributed by atoms with van der Waals surface area (Å²) in [4.78, 5) is 13.9. The summed E-state index contributed by atoms with van der Waals surface area (Å²) < 4.78 is 0. The maximum Gasteiger partial charge on any atom is 0.312 e. The summed E-state index contributed by atoms with van der Waals surface area (Å²) >= 11 is 0. The smallest absolute Gasteiger partial charge is 0.312 e. The van der Waals surface area contributed by atoms with Gasteiger partial charge in [-0.2, -0.15) is 0 Å². The summed E-state index contributed by atoms with van der Waals surface area (Å²) in [7, 11) is 0. The van der Waals surface area contributed by atoms with Crippen LogP contribution in [-0.4, -0.2) is 35.6 Å². The van der Waals surface area contributed by atoms with Crippen molar-refractivity contribution in [1.82, 2.24) is 4.90 Å². The first-order valence-corrected chi connectivity index (χ1v) is 7.02. The zero-order valence-electron chi connectivity index (χ0n) is 12.1. The Kier molecular flexibility index (Phi) is 4.25. The second-order valence-electron chi connectivity index (χ2n) is 5.69. The van der Waals surface area contributed by atoms with E-state index < -0.39 is 11.9 Å². The van der Waals surface area contributed by atoms with Crippen LogP contribution >= 0.6 is 0 Å². The van der Waals surface area contributed by atoms with Crippen molar-refractivity contribution in [2.75, 3.05) is 19.6 Å². The van der Waals surface area contributed by atoms with E-state index in [2.05, 4.69) is 24.0 Å². The number of carbonyl (C=O) groups is 1. The number of hydrogen-bond acceptors (Lipinski definition) is 2. The van der Waals surface area contributed by atoms with Crippen LogP contribution in [0, 0.1) is 20.8 Å². The van der Waals surface area contributed by atoms with E-state index in [-0.39, 0.29) is 0 Å². The molecule has 2 rings (SSSR count). The first-order valence-electron chi connectivity index (χ1n) is 7.02. The van der Waals surface area contributed by atoms with Crippen LogP contribution in [0.5, 0.6) is 0 Å². The van der Waals surface area contributed by atoms with Crippen LogP contribution in [0.25, 0.3) is 0 Å². The van der Waals surface area contributed by atoms with Crippen LogP contribution in [-0.2, 0) is 4.79 Å². The second-order valence-corrected chi connectivity index (χ2v) is 5.69. The van der Waals surface area contributed by atoms with E-state index in [9.17, 15) is 9.90 Å². The average molecular weight is 261 g/mol. The fourth-order valence-corrected chi connectivity index (χ4v) is 2.89. The molecule has 1 aromatic carbocycles. The lowest BCUT2D eigenvalue weighted by atomic mass is 9.91. The van der Waals surface area contributed by atoms with Gasteiger partial charge in [-0.3, -0.25) is 4.79 Å². The fourth-order valence-electron chi connectivity index (χ4n) is 2.89. The van der Waals surface area contributed by atoms with Gasteiger partial charge in [0.2, 0.25) is 0 Å². The third-order valence-corrected chi connectivity index (χ3v) is 4.20. The molecule has 0 amide bonds. The van der Waals surface area contributed by atoms with Crippen molar-refractivity contribution in [2.24, 2.45) is 0 Å². The highest BCUT2D eigenvalue weighted by Gasteiger charge is 2.26. The molecule has 1 fully saturated rings. The zero-order chi connectivity index (χ0) is 14.0.